The van der Waals surface area contributed by atoms with Crippen LogP contribution in [0.1, 0.15) is 29.8 Å². The largest absolute Gasteiger partial charge is 0.462 e. The van der Waals surface area contributed by atoms with Gasteiger partial charge < -0.3 is 9.64 Å². The average molecular weight is 530 g/mol. The van der Waals surface area contributed by atoms with Crippen LogP contribution in [-0.2, 0) is 16.0 Å². The highest BCUT2D eigenvalue weighted by Crippen LogP contribution is 2.50. The first-order valence-electron chi connectivity index (χ1n) is 12.3. The van der Waals surface area contributed by atoms with Crippen molar-refractivity contribution in [1.82, 2.24) is 4.90 Å². The lowest BCUT2D eigenvalue weighted by atomic mass is 10.1. The molecule has 3 aromatic carbocycles. The zero-order chi connectivity index (χ0) is 25.8. The molecule has 2 heterocycles. The molecule has 0 saturated carbocycles. The van der Waals surface area contributed by atoms with Crippen molar-refractivity contribution in [3.05, 3.63) is 99.9 Å². The Morgan fingerprint density at radius 2 is 1.62 bits per heavy atom. The molecule has 5 rings (SSSR count). The fourth-order valence-electron chi connectivity index (χ4n) is 4.22. The maximum atomic E-state index is 13.8. The van der Waals surface area contributed by atoms with Crippen LogP contribution in [0, 0.1) is 0 Å². The smallest absolute Gasteiger partial charge is 0.338 e. The zero-order valence-corrected chi connectivity index (χ0v) is 22.3. The molecule has 0 unspecified atom stereocenters. The number of nitrogens with zero attached hydrogens (tertiary/aromatic N) is 3. The highest BCUT2D eigenvalue weighted by molar-refractivity contribution is 8.19. The molecule has 1 saturated heterocycles. The van der Waals surface area contributed by atoms with E-state index in [-0.39, 0.29) is 11.9 Å². The lowest BCUT2D eigenvalue weighted by Gasteiger charge is -2.19. The standard InChI is InChI=1S/C29H27N3O3S2/c1-3-31-23-12-8-9-13-24(23)36-27(31)25-26(33)32(19-18-20-10-6-5-7-11-20)29(37-25)30-22-16-14-21(15-17-22)28(34)35-4-2/h5-17H,3-4,18-19H2,1-2H3. The first-order valence-corrected chi connectivity index (χ1v) is 13.9. The number of anilines is 1. The van der Waals surface area contributed by atoms with E-state index in [1.54, 1.807) is 47.9 Å². The van der Waals surface area contributed by atoms with Crippen LogP contribution in [0.3, 0.4) is 0 Å². The molecule has 2 aliphatic heterocycles. The van der Waals surface area contributed by atoms with E-state index in [4.69, 9.17) is 9.73 Å². The van der Waals surface area contributed by atoms with E-state index >= 15 is 0 Å². The van der Waals surface area contributed by atoms with Gasteiger partial charge in [-0.15, -0.1) is 0 Å². The number of amidine groups is 1. The Kier molecular flexibility index (Phi) is 7.67. The zero-order valence-electron chi connectivity index (χ0n) is 20.7. The van der Waals surface area contributed by atoms with Gasteiger partial charge in [-0.25, -0.2) is 9.79 Å². The van der Waals surface area contributed by atoms with Crippen LogP contribution in [0.2, 0.25) is 0 Å². The molecule has 6 nitrogen and oxygen atoms in total. The first-order chi connectivity index (χ1) is 18.1. The Balaban J connectivity index is 1.48. The summed E-state index contributed by atoms with van der Waals surface area (Å²) >= 11 is 3.05. The van der Waals surface area contributed by atoms with Crippen molar-refractivity contribution in [2.24, 2.45) is 4.99 Å². The average Bonchev–Trinajstić information content (AvgIpc) is 3.45. The molecule has 37 heavy (non-hydrogen) atoms. The van der Waals surface area contributed by atoms with Gasteiger partial charge in [-0.2, -0.15) is 0 Å². The third-order valence-corrected chi connectivity index (χ3v) is 8.43. The first kappa shape index (κ1) is 25.2. The molecule has 8 heteroatoms. The number of hydrogen-bond donors (Lipinski definition) is 0. The van der Waals surface area contributed by atoms with Gasteiger partial charge in [-0.3, -0.25) is 9.69 Å². The molecule has 0 radical (unpaired) electrons. The maximum Gasteiger partial charge on any atom is 0.338 e. The van der Waals surface area contributed by atoms with E-state index in [1.807, 2.05) is 30.3 Å². The molecular formula is C29H27N3O3S2. The van der Waals surface area contributed by atoms with Gasteiger partial charge in [-0.05, 0) is 74.0 Å². The SMILES string of the molecule is CCOC(=O)c1ccc(N=C2SC(=C3Sc4ccccc4N3CC)C(=O)N2CCc2ccccc2)cc1. The van der Waals surface area contributed by atoms with Crippen molar-refractivity contribution >= 4 is 51.9 Å². The Labute approximate surface area is 225 Å². The fraction of sp³-hybridized carbons (Fsp3) is 0.207. The van der Waals surface area contributed by atoms with Gasteiger partial charge in [0.2, 0.25) is 0 Å². The van der Waals surface area contributed by atoms with Crippen molar-refractivity contribution in [3.63, 3.8) is 0 Å². The molecule has 0 N–H and O–H groups in total. The summed E-state index contributed by atoms with van der Waals surface area (Å²) in [6.45, 7) is 5.49. The molecule has 2 aliphatic rings. The number of fused-ring (bicyclic) bond motifs is 1. The summed E-state index contributed by atoms with van der Waals surface area (Å²) < 4.78 is 5.08. The lowest BCUT2D eigenvalue weighted by molar-refractivity contribution is -0.122. The Morgan fingerprint density at radius 1 is 0.892 bits per heavy atom. The molecule has 0 atom stereocenters. The molecular weight excluding hydrogens is 502 g/mol. The number of rotatable bonds is 7. The molecule has 0 aromatic heterocycles. The minimum atomic E-state index is -0.360. The van der Waals surface area contributed by atoms with Gasteiger partial charge in [0.15, 0.2) is 5.17 Å². The normalized spacial score (nSPS) is 18.0. The topological polar surface area (TPSA) is 62.2 Å². The summed E-state index contributed by atoms with van der Waals surface area (Å²) in [5.41, 5.74) is 3.44. The number of carbonyl (C=O) groups is 2. The predicted octanol–water partition coefficient (Wildman–Crippen LogP) is 6.47. The van der Waals surface area contributed by atoms with Crippen molar-refractivity contribution < 1.29 is 14.3 Å². The monoisotopic (exact) mass is 529 g/mol. The number of aliphatic imine (C=N–C) groups is 1. The number of benzene rings is 3. The second-order valence-corrected chi connectivity index (χ2v) is 10.4. The summed E-state index contributed by atoms with van der Waals surface area (Å²) in [4.78, 5) is 36.5. The van der Waals surface area contributed by atoms with Crippen molar-refractivity contribution in [1.29, 1.82) is 0 Å². The third kappa shape index (κ3) is 5.31. The minimum absolute atomic E-state index is 0.0309. The van der Waals surface area contributed by atoms with Crippen molar-refractivity contribution in [2.75, 3.05) is 24.6 Å². The minimum Gasteiger partial charge on any atom is -0.462 e. The molecule has 1 amide bonds. The van der Waals surface area contributed by atoms with Gasteiger partial charge in [-0.1, -0.05) is 54.2 Å². The van der Waals surface area contributed by atoms with Gasteiger partial charge in [0.05, 0.1) is 23.5 Å². The van der Waals surface area contributed by atoms with Crippen LogP contribution in [0.15, 0.2) is 98.7 Å². The third-order valence-electron chi connectivity index (χ3n) is 6.05. The summed E-state index contributed by atoms with van der Waals surface area (Å²) in [5.74, 6) is -0.391. The molecule has 1 fully saturated rings. The molecule has 0 aliphatic carbocycles. The second-order valence-electron chi connectivity index (χ2n) is 8.40. The molecule has 0 spiro atoms. The summed E-state index contributed by atoms with van der Waals surface area (Å²) in [5, 5.41) is 1.59. The summed E-state index contributed by atoms with van der Waals surface area (Å²) in [6.07, 6.45) is 0.724. The molecule has 0 bridgehead atoms. The Morgan fingerprint density at radius 3 is 2.35 bits per heavy atom. The van der Waals surface area contributed by atoms with Crippen LogP contribution in [0.4, 0.5) is 11.4 Å². The van der Waals surface area contributed by atoms with E-state index in [9.17, 15) is 9.59 Å². The van der Waals surface area contributed by atoms with Gasteiger partial charge in [0, 0.05) is 18.0 Å². The number of ether oxygens (including phenoxy) is 1. The number of thioether (sulfide) groups is 2. The second kappa shape index (κ2) is 11.3. The molecule has 3 aromatic rings. The van der Waals surface area contributed by atoms with Crippen LogP contribution in [0.25, 0.3) is 0 Å². The number of para-hydroxylation sites is 1. The maximum absolute atomic E-state index is 13.8. The lowest BCUT2D eigenvalue weighted by Crippen LogP contribution is -2.32. The van der Waals surface area contributed by atoms with Crippen molar-refractivity contribution in [2.45, 2.75) is 25.2 Å². The van der Waals surface area contributed by atoms with Gasteiger partial charge >= 0.3 is 5.97 Å². The number of amides is 1. The van der Waals surface area contributed by atoms with Gasteiger partial charge in [0.1, 0.15) is 9.93 Å². The van der Waals surface area contributed by atoms with Crippen LogP contribution in [-0.4, -0.2) is 41.6 Å². The Hall–Kier alpha value is -3.49. The van der Waals surface area contributed by atoms with Crippen molar-refractivity contribution in [3.8, 4) is 0 Å². The number of esters is 1. The van der Waals surface area contributed by atoms with Gasteiger partial charge in [0.25, 0.3) is 5.91 Å². The molecule has 188 valence electrons. The van der Waals surface area contributed by atoms with E-state index in [1.165, 1.54) is 11.8 Å². The van der Waals surface area contributed by atoms with E-state index in [0.717, 1.165) is 34.1 Å². The highest BCUT2D eigenvalue weighted by Gasteiger charge is 2.39. The predicted molar refractivity (Wildman–Crippen MR) is 151 cm³/mol. The number of carbonyl (C=O) groups excluding carboxylic acids is 2. The fourth-order valence-corrected chi connectivity index (χ4v) is 6.63. The van der Waals surface area contributed by atoms with E-state index < -0.39 is 0 Å². The number of hydrogen-bond acceptors (Lipinski definition) is 7. The highest BCUT2D eigenvalue weighted by atomic mass is 32.2. The van der Waals surface area contributed by atoms with Crippen LogP contribution >= 0.6 is 23.5 Å². The summed E-state index contributed by atoms with van der Waals surface area (Å²) in [7, 11) is 0. The van der Waals surface area contributed by atoms with E-state index in [2.05, 4.69) is 36.1 Å². The summed E-state index contributed by atoms with van der Waals surface area (Å²) in [6, 6.07) is 25.4. The quantitative estimate of drug-likeness (QED) is 0.258. The van der Waals surface area contributed by atoms with E-state index in [0.29, 0.717) is 34.5 Å². The Bertz CT molecular complexity index is 1370. The van der Waals surface area contributed by atoms with Crippen LogP contribution < -0.4 is 4.90 Å². The van der Waals surface area contributed by atoms with Crippen LogP contribution in [0.5, 0.6) is 0 Å².